The van der Waals surface area contributed by atoms with Crippen molar-refractivity contribution in [2.24, 2.45) is 0 Å². The third-order valence-electron chi connectivity index (χ3n) is 3.71. The Bertz CT molecular complexity index is 814. The molecule has 29 heavy (non-hydrogen) atoms. The van der Waals surface area contributed by atoms with E-state index in [4.69, 9.17) is 14.2 Å². The molecule has 0 fully saturated rings. The Morgan fingerprint density at radius 3 is 2.00 bits per heavy atom. The average Bonchev–Trinajstić information content (AvgIpc) is 2.68. The fourth-order valence-electron chi connectivity index (χ4n) is 2.56. The number of rotatable bonds is 9. The lowest BCUT2D eigenvalue weighted by Crippen LogP contribution is -2.30. The third kappa shape index (κ3) is 5.69. The van der Waals surface area contributed by atoms with E-state index in [1.54, 1.807) is 20.8 Å². The molecule has 2 N–H and O–H groups in total. The Kier molecular flexibility index (Phi) is 7.58. The molecule has 0 saturated carbocycles. The van der Waals surface area contributed by atoms with Gasteiger partial charge in [0, 0.05) is 5.56 Å². The summed E-state index contributed by atoms with van der Waals surface area (Å²) < 4.78 is 55.9. The number of halogens is 3. The first-order valence-electron chi connectivity index (χ1n) is 9.10. The van der Waals surface area contributed by atoms with Crippen LogP contribution in [0, 0.1) is 0 Å². The highest BCUT2D eigenvalue weighted by Gasteiger charge is 2.33. The van der Waals surface area contributed by atoms with Crippen molar-refractivity contribution < 1.29 is 32.2 Å². The second kappa shape index (κ2) is 9.90. The van der Waals surface area contributed by atoms with E-state index in [0.29, 0.717) is 37.1 Å². The van der Waals surface area contributed by atoms with Crippen molar-refractivity contribution in [3.8, 4) is 17.2 Å². The van der Waals surface area contributed by atoms with Crippen molar-refractivity contribution in [1.82, 2.24) is 5.43 Å². The van der Waals surface area contributed by atoms with Gasteiger partial charge in [-0.1, -0.05) is 12.1 Å². The number of amides is 1. The second-order valence-corrected chi connectivity index (χ2v) is 5.72. The van der Waals surface area contributed by atoms with E-state index in [1.807, 2.05) is 0 Å². The molecule has 0 atom stereocenters. The van der Waals surface area contributed by atoms with Crippen LogP contribution in [0.3, 0.4) is 0 Å². The van der Waals surface area contributed by atoms with Crippen LogP contribution in [0.4, 0.5) is 18.9 Å². The van der Waals surface area contributed by atoms with Crippen molar-refractivity contribution in [2.45, 2.75) is 26.9 Å². The molecule has 0 bridgehead atoms. The smallest absolute Gasteiger partial charge is 0.418 e. The SMILES string of the molecule is CCOc1cc(C(=O)NNc2ccccc2C(F)(F)F)cc(OCC)c1OCC. The highest BCUT2D eigenvalue weighted by molar-refractivity contribution is 5.96. The number of alkyl halides is 3. The summed E-state index contributed by atoms with van der Waals surface area (Å²) in [4.78, 5) is 12.6. The Morgan fingerprint density at radius 1 is 0.931 bits per heavy atom. The van der Waals surface area contributed by atoms with E-state index in [1.165, 1.54) is 30.3 Å². The maximum Gasteiger partial charge on any atom is 0.418 e. The van der Waals surface area contributed by atoms with Crippen LogP contribution in [-0.2, 0) is 6.18 Å². The van der Waals surface area contributed by atoms with Gasteiger partial charge in [-0.05, 0) is 45.0 Å². The standard InChI is InChI=1S/C20H23F3N2O4/c1-4-27-16-11-13(12-17(28-5-2)18(16)29-6-3)19(26)25-24-15-10-8-7-9-14(15)20(21,22)23/h7-12,24H,4-6H2,1-3H3,(H,25,26). The van der Waals surface area contributed by atoms with E-state index >= 15 is 0 Å². The molecule has 0 aliphatic rings. The average molecular weight is 412 g/mol. The first-order valence-corrected chi connectivity index (χ1v) is 9.10. The van der Waals surface area contributed by atoms with Gasteiger partial charge in [0.05, 0.1) is 31.1 Å². The topological polar surface area (TPSA) is 68.8 Å². The predicted octanol–water partition coefficient (Wildman–Crippen LogP) is 4.66. The predicted molar refractivity (Wildman–Crippen MR) is 102 cm³/mol. The van der Waals surface area contributed by atoms with Crippen LogP contribution >= 0.6 is 0 Å². The maximum absolute atomic E-state index is 13.1. The van der Waals surface area contributed by atoms with E-state index in [0.717, 1.165) is 6.07 Å². The van der Waals surface area contributed by atoms with Crippen LogP contribution in [0.25, 0.3) is 0 Å². The zero-order valence-electron chi connectivity index (χ0n) is 16.4. The molecule has 0 unspecified atom stereocenters. The van der Waals surface area contributed by atoms with Crippen LogP contribution in [0.15, 0.2) is 36.4 Å². The molecule has 1 amide bonds. The van der Waals surface area contributed by atoms with Gasteiger partial charge in [-0.3, -0.25) is 15.6 Å². The van der Waals surface area contributed by atoms with Crippen molar-refractivity contribution in [1.29, 1.82) is 0 Å². The fourth-order valence-corrected chi connectivity index (χ4v) is 2.56. The third-order valence-corrected chi connectivity index (χ3v) is 3.71. The van der Waals surface area contributed by atoms with Gasteiger partial charge in [0.15, 0.2) is 11.5 Å². The molecule has 2 aromatic rings. The highest BCUT2D eigenvalue weighted by Crippen LogP contribution is 2.39. The number of nitrogens with one attached hydrogen (secondary N) is 2. The van der Waals surface area contributed by atoms with Crippen molar-refractivity contribution >= 4 is 11.6 Å². The Morgan fingerprint density at radius 2 is 1.48 bits per heavy atom. The van der Waals surface area contributed by atoms with Gasteiger partial charge < -0.3 is 14.2 Å². The van der Waals surface area contributed by atoms with Crippen LogP contribution in [0.1, 0.15) is 36.7 Å². The second-order valence-electron chi connectivity index (χ2n) is 5.72. The first-order chi connectivity index (χ1) is 13.8. The Balaban J connectivity index is 2.29. The zero-order valence-corrected chi connectivity index (χ0v) is 16.4. The van der Waals surface area contributed by atoms with Crippen LogP contribution in [0.5, 0.6) is 17.2 Å². The number of hydrogen-bond acceptors (Lipinski definition) is 5. The summed E-state index contributed by atoms with van der Waals surface area (Å²) in [5, 5.41) is 0. The Hall–Kier alpha value is -3.10. The number of carbonyl (C=O) groups is 1. The molecule has 158 valence electrons. The molecule has 2 aromatic carbocycles. The van der Waals surface area contributed by atoms with Crippen molar-refractivity contribution in [2.75, 3.05) is 25.2 Å². The van der Waals surface area contributed by atoms with Crippen LogP contribution in [0.2, 0.25) is 0 Å². The van der Waals surface area contributed by atoms with Gasteiger partial charge in [0.2, 0.25) is 5.75 Å². The summed E-state index contributed by atoms with van der Waals surface area (Å²) in [5.74, 6) is 0.317. The number of para-hydroxylation sites is 1. The summed E-state index contributed by atoms with van der Waals surface area (Å²) in [7, 11) is 0. The molecule has 0 radical (unpaired) electrons. The zero-order chi connectivity index (χ0) is 21.4. The molecule has 0 saturated heterocycles. The summed E-state index contributed by atoms with van der Waals surface area (Å²) in [6, 6.07) is 7.74. The summed E-state index contributed by atoms with van der Waals surface area (Å²) in [6.45, 7) is 6.37. The number of anilines is 1. The van der Waals surface area contributed by atoms with E-state index in [2.05, 4.69) is 10.9 Å². The summed E-state index contributed by atoms with van der Waals surface area (Å²) >= 11 is 0. The molecule has 0 aliphatic carbocycles. The first kappa shape index (κ1) is 22.2. The van der Waals surface area contributed by atoms with Crippen LogP contribution in [-0.4, -0.2) is 25.7 Å². The van der Waals surface area contributed by atoms with Gasteiger partial charge in [-0.25, -0.2) is 0 Å². The number of hydrazine groups is 1. The fraction of sp³-hybridized carbons (Fsp3) is 0.350. The van der Waals surface area contributed by atoms with Gasteiger partial charge in [-0.2, -0.15) is 13.2 Å². The maximum atomic E-state index is 13.1. The normalized spacial score (nSPS) is 11.0. The minimum atomic E-state index is -4.56. The molecule has 0 spiro atoms. The van der Waals surface area contributed by atoms with Crippen molar-refractivity contribution in [3.05, 3.63) is 47.5 Å². The lowest BCUT2D eigenvalue weighted by molar-refractivity contribution is -0.137. The quantitative estimate of drug-likeness (QED) is 0.587. The number of hydrogen-bond donors (Lipinski definition) is 2. The molecule has 2 rings (SSSR count). The van der Waals surface area contributed by atoms with E-state index in [9.17, 15) is 18.0 Å². The molecule has 0 aromatic heterocycles. The van der Waals surface area contributed by atoms with Gasteiger partial charge >= 0.3 is 6.18 Å². The lowest BCUT2D eigenvalue weighted by atomic mass is 10.1. The van der Waals surface area contributed by atoms with Crippen molar-refractivity contribution in [3.63, 3.8) is 0 Å². The number of carbonyl (C=O) groups excluding carboxylic acids is 1. The molecule has 0 aliphatic heterocycles. The molecule has 6 nitrogen and oxygen atoms in total. The van der Waals surface area contributed by atoms with Gasteiger partial charge in [0.25, 0.3) is 5.91 Å². The Labute approximate surface area is 166 Å². The molecular weight excluding hydrogens is 389 g/mol. The van der Waals surface area contributed by atoms with Crippen LogP contribution < -0.4 is 25.1 Å². The summed E-state index contributed by atoms with van der Waals surface area (Å²) in [5.41, 5.74) is 3.58. The molecule has 9 heteroatoms. The monoisotopic (exact) mass is 412 g/mol. The largest absolute Gasteiger partial charge is 0.490 e. The number of benzene rings is 2. The minimum absolute atomic E-state index is 0.136. The van der Waals surface area contributed by atoms with E-state index < -0.39 is 17.6 Å². The molecule has 0 heterocycles. The minimum Gasteiger partial charge on any atom is -0.490 e. The van der Waals surface area contributed by atoms with Gasteiger partial charge in [0.1, 0.15) is 0 Å². The molecular formula is C20H23F3N2O4. The highest BCUT2D eigenvalue weighted by atomic mass is 19.4. The number of ether oxygens (including phenoxy) is 3. The lowest BCUT2D eigenvalue weighted by Gasteiger charge is -2.18. The van der Waals surface area contributed by atoms with Gasteiger partial charge in [-0.15, -0.1) is 0 Å². The van der Waals surface area contributed by atoms with E-state index in [-0.39, 0.29) is 11.3 Å². The summed E-state index contributed by atoms with van der Waals surface area (Å²) in [6.07, 6.45) is -4.56.